The number of carboxylic acid groups (broad SMARTS) is 1. The number of hydrogen-bond acceptors (Lipinski definition) is 6. The van der Waals surface area contributed by atoms with E-state index in [1.165, 1.54) is 17.6 Å². The first-order chi connectivity index (χ1) is 16.2. The van der Waals surface area contributed by atoms with Crippen LogP contribution in [0.1, 0.15) is 56.5 Å². The molecule has 1 aromatic heterocycles. The Morgan fingerprint density at radius 1 is 1.21 bits per heavy atom. The summed E-state index contributed by atoms with van der Waals surface area (Å²) in [5.41, 5.74) is 2.88. The minimum atomic E-state index is -1.02. The standard InChI is InChI=1S/C26H36N2O6/c1-16(2)23(25(29)30)28(26(31)32-5)14-19-7-6-8-21(13-19)33-15-22-18(4)34-24(27-22)20-11-9-17(3)10-12-20/h9-12,16,19,21,23H,6-8,13-15H2,1-5H3,(H,29,30)/t19-,21+,23-/m0/s1. The van der Waals surface area contributed by atoms with Crippen LogP contribution in [0.25, 0.3) is 11.5 Å². The maximum absolute atomic E-state index is 12.4. The third-order valence-corrected chi connectivity index (χ3v) is 6.47. The van der Waals surface area contributed by atoms with E-state index in [1.54, 1.807) is 13.8 Å². The van der Waals surface area contributed by atoms with Crippen molar-refractivity contribution in [1.29, 1.82) is 0 Å². The predicted molar refractivity (Wildman–Crippen MR) is 127 cm³/mol. The van der Waals surface area contributed by atoms with Crippen molar-refractivity contribution in [2.24, 2.45) is 11.8 Å². The summed E-state index contributed by atoms with van der Waals surface area (Å²) < 4.78 is 17.0. The Morgan fingerprint density at radius 3 is 2.53 bits per heavy atom. The van der Waals surface area contributed by atoms with Gasteiger partial charge in [-0.05, 0) is 57.1 Å². The number of amides is 1. The molecular formula is C26H36N2O6. The van der Waals surface area contributed by atoms with Crippen LogP contribution in [0.3, 0.4) is 0 Å². The highest BCUT2D eigenvalue weighted by Crippen LogP contribution is 2.30. The maximum atomic E-state index is 12.4. The molecule has 1 aliphatic carbocycles. The molecule has 3 atom stereocenters. The highest BCUT2D eigenvalue weighted by molar-refractivity contribution is 5.80. The average Bonchev–Trinajstić information content (AvgIpc) is 3.17. The van der Waals surface area contributed by atoms with E-state index in [2.05, 4.69) is 4.98 Å². The van der Waals surface area contributed by atoms with Crippen molar-refractivity contribution in [1.82, 2.24) is 9.88 Å². The van der Waals surface area contributed by atoms with Gasteiger partial charge >= 0.3 is 12.1 Å². The number of aryl methyl sites for hydroxylation is 2. The molecule has 1 fully saturated rings. The van der Waals surface area contributed by atoms with Crippen LogP contribution >= 0.6 is 0 Å². The van der Waals surface area contributed by atoms with Gasteiger partial charge in [-0.15, -0.1) is 0 Å². The first-order valence-electron chi connectivity index (χ1n) is 11.9. The maximum Gasteiger partial charge on any atom is 0.410 e. The minimum Gasteiger partial charge on any atom is -0.480 e. The predicted octanol–water partition coefficient (Wildman–Crippen LogP) is 5.21. The first kappa shape index (κ1) is 25.7. The van der Waals surface area contributed by atoms with Gasteiger partial charge in [-0.3, -0.25) is 4.90 Å². The van der Waals surface area contributed by atoms with Crippen molar-refractivity contribution in [3.8, 4) is 11.5 Å². The molecular weight excluding hydrogens is 436 g/mol. The summed E-state index contributed by atoms with van der Waals surface area (Å²) in [7, 11) is 1.28. The van der Waals surface area contributed by atoms with Gasteiger partial charge in [0.15, 0.2) is 0 Å². The molecule has 1 heterocycles. The SMILES string of the molecule is COC(=O)N(C[C@H]1CCC[C@@H](OCc2nc(-c3ccc(C)cc3)oc2C)C1)[C@H](C(=O)O)C(C)C. The molecule has 1 N–H and O–H groups in total. The zero-order valence-corrected chi connectivity index (χ0v) is 20.7. The molecule has 0 radical (unpaired) electrons. The number of methoxy groups -OCH3 is 1. The number of oxazole rings is 1. The van der Waals surface area contributed by atoms with E-state index < -0.39 is 18.1 Å². The zero-order chi connectivity index (χ0) is 24.8. The van der Waals surface area contributed by atoms with Gasteiger partial charge in [-0.25, -0.2) is 14.6 Å². The van der Waals surface area contributed by atoms with Gasteiger partial charge in [0, 0.05) is 12.1 Å². The van der Waals surface area contributed by atoms with E-state index in [-0.39, 0.29) is 17.9 Å². The topological polar surface area (TPSA) is 102 Å². The quantitative estimate of drug-likeness (QED) is 0.534. The van der Waals surface area contributed by atoms with Gasteiger partial charge < -0.3 is 19.0 Å². The van der Waals surface area contributed by atoms with Crippen LogP contribution in [0.5, 0.6) is 0 Å². The van der Waals surface area contributed by atoms with Crippen LogP contribution < -0.4 is 0 Å². The molecule has 8 heteroatoms. The smallest absolute Gasteiger partial charge is 0.410 e. The number of ether oxygens (including phenoxy) is 2. The van der Waals surface area contributed by atoms with E-state index in [9.17, 15) is 14.7 Å². The monoisotopic (exact) mass is 472 g/mol. The van der Waals surface area contributed by atoms with Crippen molar-refractivity contribution in [2.45, 2.75) is 72.1 Å². The molecule has 1 saturated carbocycles. The fraction of sp³-hybridized carbons (Fsp3) is 0.577. The number of carboxylic acids is 1. The van der Waals surface area contributed by atoms with Gasteiger partial charge in [0.2, 0.25) is 5.89 Å². The molecule has 3 rings (SSSR count). The fourth-order valence-corrected chi connectivity index (χ4v) is 4.61. The summed E-state index contributed by atoms with van der Waals surface area (Å²) >= 11 is 0. The molecule has 0 saturated heterocycles. The lowest BCUT2D eigenvalue weighted by Gasteiger charge is -2.36. The highest BCUT2D eigenvalue weighted by atomic mass is 16.5. The number of carbonyl (C=O) groups is 2. The van der Waals surface area contributed by atoms with E-state index >= 15 is 0 Å². The Morgan fingerprint density at radius 2 is 1.91 bits per heavy atom. The van der Waals surface area contributed by atoms with Crippen molar-refractivity contribution < 1.29 is 28.6 Å². The summed E-state index contributed by atoms with van der Waals surface area (Å²) in [5.74, 6) is 0.209. The summed E-state index contributed by atoms with van der Waals surface area (Å²) in [6.07, 6.45) is 2.95. The van der Waals surface area contributed by atoms with Crippen LogP contribution in [0.4, 0.5) is 4.79 Å². The third kappa shape index (κ3) is 6.38. The summed E-state index contributed by atoms with van der Waals surface area (Å²) in [5, 5.41) is 9.68. The molecule has 1 aliphatic rings. The second kappa shape index (κ2) is 11.5. The van der Waals surface area contributed by atoms with Crippen molar-refractivity contribution >= 4 is 12.1 Å². The molecule has 1 amide bonds. The van der Waals surface area contributed by atoms with Gasteiger partial charge in [0.25, 0.3) is 0 Å². The average molecular weight is 473 g/mol. The molecule has 0 unspecified atom stereocenters. The molecule has 34 heavy (non-hydrogen) atoms. The number of carbonyl (C=O) groups excluding carboxylic acids is 1. The summed E-state index contributed by atoms with van der Waals surface area (Å²) in [6.45, 7) is 8.21. The Kier molecular flexibility index (Phi) is 8.72. The van der Waals surface area contributed by atoms with E-state index in [0.717, 1.165) is 42.7 Å². The van der Waals surface area contributed by atoms with Crippen LogP contribution in [0, 0.1) is 25.7 Å². The fourth-order valence-electron chi connectivity index (χ4n) is 4.61. The normalized spacial score (nSPS) is 19.1. The molecule has 186 valence electrons. The number of hydrogen-bond donors (Lipinski definition) is 1. The van der Waals surface area contributed by atoms with Crippen LogP contribution in [0.2, 0.25) is 0 Å². The van der Waals surface area contributed by atoms with Crippen molar-refractivity contribution in [3.05, 3.63) is 41.3 Å². The Bertz CT molecular complexity index is 968. The zero-order valence-electron chi connectivity index (χ0n) is 20.7. The van der Waals surface area contributed by atoms with Gasteiger partial charge in [0.1, 0.15) is 17.5 Å². The Labute approximate surface area is 201 Å². The van der Waals surface area contributed by atoms with Crippen LogP contribution in [-0.4, -0.2) is 52.9 Å². The number of nitrogens with zero attached hydrogens (tertiary/aromatic N) is 2. The molecule has 1 aromatic carbocycles. The molecule has 0 aliphatic heterocycles. The lowest BCUT2D eigenvalue weighted by atomic mass is 9.86. The minimum absolute atomic E-state index is 0.0134. The van der Waals surface area contributed by atoms with E-state index in [4.69, 9.17) is 13.9 Å². The number of benzene rings is 1. The Hall–Kier alpha value is -2.87. The van der Waals surface area contributed by atoms with Gasteiger partial charge in [-0.2, -0.15) is 0 Å². The second-order valence-electron chi connectivity index (χ2n) is 9.50. The molecule has 0 bridgehead atoms. The number of aliphatic carboxylic acids is 1. The first-order valence-corrected chi connectivity index (χ1v) is 11.9. The third-order valence-electron chi connectivity index (χ3n) is 6.47. The van der Waals surface area contributed by atoms with Crippen molar-refractivity contribution in [2.75, 3.05) is 13.7 Å². The summed E-state index contributed by atoms with van der Waals surface area (Å²) in [4.78, 5) is 30.2. The van der Waals surface area contributed by atoms with E-state index in [1.807, 2.05) is 38.1 Å². The number of aromatic nitrogens is 1. The highest BCUT2D eigenvalue weighted by Gasteiger charge is 2.36. The molecule has 0 spiro atoms. The molecule has 8 nitrogen and oxygen atoms in total. The van der Waals surface area contributed by atoms with Crippen LogP contribution in [-0.2, 0) is 20.9 Å². The van der Waals surface area contributed by atoms with Gasteiger partial charge in [0.05, 0.1) is 19.8 Å². The lowest BCUT2D eigenvalue weighted by molar-refractivity contribution is -0.144. The van der Waals surface area contributed by atoms with Gasteiger partial charge in [-0.1, -0.05) is 38.0 Å². The second-order valence-corrected chi connectivity index (χ2v) is 9.50. The Balaban J connectivity index is 1.62. The summed E-state index contributed by atoms with van der Waals surface area (Å²) in [6, 6.07) is 7.11. The molecule has 2 aromatic rings. The van der Waals surface area contributed by atoms with E-state index in [0.29, 0.717) is 19.0 Å². The van der Waals surface area contributed by atoms with Crippen molar-refractivity contribution in [3.63, 3.8) is 0 Å². The number of rotatable bonds is 9. The van der Waals surface area contributed by atoms with Crippen LogP contribution in [0.15, 0.2) is 28.7 Å². The lowest BCUT2D eigenvalue weighted by Crippen LogP contribution is -2.50. The largest absolute Gasteiger partial charge is 0.480 e.